The van der Waals surface area contributed by atoms with Gasteiger partial charge in [-0.2, -0.15) is 0 Å². The van der Waals surface area contributed by atoms with E-state index in [0.29, 0.717) is 35.1 Å². The molecule has 1 aromatic rings. The second-order valence-corrected chi connectivity index (χ2v) is 5.92. The fourth-order valence-corrected chi connectivity index (χ4v) is 2.94. The molecule has 0 aromatic heterocycles. The standard InChI is InChI=1S/C15H17ClN2O4/c1-9(7-18-4-2-3-13(18)19)17-15(20)10-5-11(16)14-12(6-10)21-8-22-14/h5-6,9H,2-4,7-8H2,1H3,(H,17,20)/t9-/m1/s1. The fraction of sp³-hybridized carbons (Fsp3) is 0.467. The Morgan fingerprint density at radius 2 is 2.27 bits per heavy atom. The van der Waals surface area contributed by atoms with Crippen LogP contribution in [0.2, 0.25) is 5.02 Å². The van der Waals surface area contributed by atoms with Gasteiger partial charge in [0.15, 0.2) is 11.5 Å². The third-order valence-electron chi connectivity index (χ3n) is 3.73. The Morgan fingerprint density at radius 1 is 1.45 bits per heavy atom. The molecule has 2 aliphatic heterocycles. The van der Waals surface area contributed by atoms with Crippen molar-refractivity contribution < 1.29 is 19.1 Å². The Hall–Kier alpha value is -1.95. The van der Waals surface area contributed by atoms with Crippen LogP contribution in [0.5, 0.6) is 11.5 Å². The molecule has 1 fully saturated rings. The molecule has 2 amide bonds. The van der Waals surface area contributed by atoms with Gasteiger partial charge in [-0.25, -0.2) is 0 Å². The van der Waals surface area contributed by atoms with E-state index in [2.05, 4.69) is 5.32 Å². The van der Waals surface area contributed by atoms with Crippen molar-refractivity contribution in [2.24, 2.45) is 0 Å². The highest BCUT2D eigenvalue weighted by molar-refractivity contribution is 6.32. The van der Waals surface area contributed by atoms with Crippen LogP contribution in [0, 0.1) is 0 Å². The highest BCUT2D eigenvalue weighted by Crippen LogP contribution is 2.39. The number of fused-ring (bicyclic) bond motifs is 1. The number of halogens is 1. The van der Waals surface area contributed by atoms with Crippen LogP contribution in [0.4, 0.5) is 0 Å². The van der Waals surface area contributed by atoms with Crippen LogP contribution in [0.25, 0.3) is 0 Å². The molecule has 7 heteroatoms. The zero-order valence-corrected chi connectivity index (χ0v) is 13.0. The highest BCUT2D eigenvalue weighted by atomic mass is 35.5. The van der Waals surface area contributed by atoms with Crippen LogP contribution >= 0.6 is 11.6 Å². The van der Waals surface area contributed by atoms with Crippen molar-refractivity contribution in [3.05, 3.63) is 22.7 Å². The van der Waals surface area contributed by atoms with Crippen molar-refractivity contribution in [3.63, 3.8) is 0 Å². The number of amides is 2. The number of nitrogens with one attached hydrogen (secondary N) is 1. The van der Waals surface area contributed by atoms with E-state index in [1.165, 1.54) is 0 Å². The zero-order valence-electron chi connectivity index (χ0n) is 12.2. The predicted octanol–water partition coefficient (Wildman–Crippen LogP) is 1.81. The monoisotopic (exact) mass is 324 g/mol. The Morgan fingerprint density at radius 3 is 3.00 bits per heavy atom. The minimum absolute atomic E-state index is 0.105. The number of likely N-dealkylation sites (tertiary alicyclic amines) is 1. The van der Waals surface area contributed by atoms with Crippen molar-refractivity contribution in [1.29, 1.82) is 0 Å². The maximum atomic E-state index is 12.3. The minimum atomic E-state index is -0.251. The smallest absolute Gasteiger partial charge is 0.251 e. The number of hydrogen-bond acceptors (Lipinski definition) is 4. The molecule has 0 bridgehead atoms. The van der Waals surface area contributed by atoms with E-state index in [4.69, 9.17) is 21.1 Å². The number of rotatable bonds is 4. The predicted molar refractivity (Wildman–Crippen MR) is 80.3 cm³/mol. The lowest BCUT2D eigenvalue weighted by Crippen LogP contribution is -2.42. The lowest BCUT2D eigenvalue weighted by molar-refractivity contribution is -0.127. The summed E-state index contributed by atoms with van der Waals surface area (Å²) in [6.07, 6.45) is 1.48. The second-order valence-electron chi connectivity index (χ2n) is 5.51. The molecule has 0 spiro atoms. The van der Waals surface area contributed by atoms with Gasteiger partial charge in [0.1, 0.15) is 0 Å². The quantitative estimate of drug-likeness (QED) is 0.917. The molecule has 1 N–H and O–H groups in total. The molecular formula is C15H17ClN2O4. The van der Waals surface area contributed by atoms with Gasteiger partial charge in [0.2, 0.25) is 12.7 Å². The summed E-state index contributed by atoms with van der Waals surface area (Å²) in [4.78, 5) is 25.7. The summed E-state index contributed by atoms with van der Waals surface area (Å²) in [6.45, 7) is 3.25. The number of carbonyl (C=O) groups is 2. The fourth-order valence-electron chi connectivity index (χ4n) is 2.68. The summed E-state index contributed by atoms with van der Waals surface area (Å²) in [6, 6.07) is 3.02. The van der Waals surface area contributed by atoms with Crippen LogP contribution in [-0.4, -0.2) is 42.6 Å². The molecule has 0 radical (unpaired) electrons. The summed E-state index contributed by atoms with van der Waals surface area (Å²) in [5.74, 6) is 0.834. The lowest BCUT2D eigenvalue weighted by Gasteiger charge is -2.21. The van der Waals surface area contributed by atoms with E-state index >= 15 is 0 Å². The number of hydrogen-bond donors (Lipinski definition) is 1. The first kappa shape index (κ1) is 15.0. The van der Waals surface area contributed by atoms with E-state index in [9.17, 15) is 9.59 Å². The van der Waals surface area contributed by atoms with Gasteiger partial charge in [-0.15, -0.1) is 0 Å². The van der Waals surface area contributed by atoms with Crippen molar-refractivity contribution in [3.8, 4) is 11.5 Å². The van der Waals surface area contributed by atoms with Crippen LogP contribution in [0.3, 0.4) is 0 Å². The summed E-state index contributed by atoms with van der Waals surface area (Å²) < 4.78 is 10.5. The molecule has 22 heavy (non-hydrogen) atoms. The summed E-state index contributed by atoms with van der Waals surface area (Å²) in [5, 5.41) is 3.22. The van der Waals surface area contributed by atoms with Gasteiger partial charge in [0, 0.05) is 31.1 Å². The zero-order chi connectivity index (χ0) is 15.7. The van der Waals surface area contributed by atoms with E-state index in [0.717, 1.165) is 13.0 Å². The SMILES string of the molecule is C[C@H](CN1CCCC1=O)NC(=O)c1cc(Cl)c2c(c1)OCO2. The third-order valence-corrected chi connectivity index (χ3v) is 4.01. The molecule has 1 saturated heterocycles. The molecule has 2 heterocycles. The Labute approximate surface area is 133 Å². The highest BCUT2D eigenvalue weighted by Gasteiger charge is 2.24. The molecule has 1 atom stereocenters. The summed E-state index contributed by atoms with van der Waals surface area (Å²) in [5.41, 5.74) is 0.411. The number of carbonyl (C=O) groups excluding carboxylic acids is 2. The molecule has 0 saturated carbocycles. The van der Waals surface area contributed by atoms with Gasteiger partial charge >= 0.3 is 0 Å². The van der Waals surface area contributed by atoms with Gasteiger partial charge in [-0.05, 0) is 25.5 Å². The van der Waals surface area contributed by atoms with Crippen LogP contribution in [0.15, 0.2) is 12.1 Å². The average Bonchev–Trinajstić information content (AvgIpc) is 3.08. The van der Waals surface area contributed by atoms with E-state index in [1.807, 2.05) is 6.92 Å². The van der Waals surface area contributed by atoms with Gasteiger partial charge in [-0.3, -0.25) is 9.59 Å². The van der Waals surface area contributed by atoms with Gasteiger partial charge in [0.05, 0.1) is 5.02 Å². The molecule has 3 rings (SSSR count). The van der Waals surface area contributed by atoms with E-state index in [1.54, 1.807) is 17.0 Å². The third kappa shape index (κ3) is 2.97. The second kappa shape index (κ2) is 6.04. The molecule has 0 aliphatic carbocycles. The van der Waals surface area contributed by atoms with Crippen molar-refractivity contribution in [1.82, 2.24) is 10.2 Å². The van der Waals surface area contributed by atoms with Gasteiger partial charge in [0.25, 0.3) is 5.91 Å². The Bertz CT molecular complexity index is 620. The van der Waals surface area contributed by atoms with Crippen molar-refractivity contribution in [2.75, 3.05) is 19.9 Å². The molecule has 118 valence electrons. The van der Waals surface area contributed by atoms with Gasteiger partial charge in [-0.1, -0.05) is 11.6 Å². The Balaban J connectivity index is 1.64. The first-order valence-corrected chi connectivity index (χ1v) is 7.60. The maximum absolute atomic E-state index is 12.3. The lowest BCUT2D eigenvalue weighted by atomic mass is 10.1. The summed E-state index contributed by atoms with van der Waals surface area (Å²) in [7, 11) is 0. The largest absolute Gasteiger partial charge is 0.454 e. The molecule has 6 nitrogen and oxygen atoms in total. The number of benzene rings is 1. The topological polar surface area (TPSA) is 67.9 Å². The van der Waals surface area contributed by atoms with Crippen molar-refractivity contribution in [2.45, 2.75) is 25.8 Å². The molecule has 0 unspecified atom stereocenters. The minimum Gasteiger partial charge on any atom is -0.454 e. The maximum Gasteiger partial charge on any atom is 0.251 e. The van der Waals surface area contributed by atoms with Crippen LogP contribution in [-0.2, 0) is 4.79 Å². The number of nitrogens with zero attached hydrogens (tertiary/aromatic N) is 1. The van der Waals surface area contributed by atoms with Crippen LogP contribution in [0.1, 0.15) is 30.1 Å². The molecule has 2 aliphatic rings. The first-order valence-electron chi connectivity index (χ1n) is 7.22. The van der Waals surface area contributed by atoms with Crippen molar-refractivity contribution >= 4 is 23.4 Å². The van der Waals surface area contributed by atoms with E-state index in [-0.39, 0.29) is 24.6 Å². The number of ether oxygens (including phenoxy) is 2. The molecular weight excluding hydrogens is 308 g/mol. The first-order chi connectivity index (χ1) is 10.5. The molecule has 1 aromatic carbocycles. The van der Waals surface area contributed by atoms with Crippen LogP contribution < -0.4 is 14.8 Å². The average molecular weight is 325 g/mol. The Kier molecular flexibility index (Phi) is 4.11. The van der Waals surface area contributed by atoms with Gasteiger partial charge < -0.3 is 19.7 Å². The normalized spacial score (nSPS) is 17.7. The van der Waals surface area contributed by atoms with E-state index < -0.39 is 0 Å². The summed E-state index contributed by atoms with van der Waals surface area (Å²) >= 11 is 6.07.